The highest BCUT2D eigenvalue weighted by atomic mass is 32.2. The molecule has 2 aromatic rings. The van der Waals surface area contributed by atoms with E-state index >= 15 is 0 Å². The number of amides is 1. The van der Waals surface area contributed by atoms with Gasteiger partial charge in [0.15, 0.2) is 11.5 Å². The highest BCUT2D eigenvalue weighted by Crippen LogP contribution is 2.30. The van der Waals surface area contributed by atoms with E-state index in [1.165, 1.54) is 0 Å². The highest BCUT2D eigenvalue weighted by molar-refractivity contribution is 7.99. The van der Waals surface area contributed by atoms with Gasteiger partial charge in [-0.05, 0) is 12.8 Å². The van der Waals surface area contributed by atoms with Gasteiger partial charge in [-0.3, -0.25) is 9.69 Å². The first-order valence-electron chi connectivity index (χ1n) is 9.48. The molecule has 2 aliphatic rings. The first kappa shape index (κ1) is 18.5. The Balaban J connectivity index is 1.43. The molecule has 4 rings (SSSR count). The number of carbonyl (C=O) groups excluding carboxylic acids is 1. The van der Waals surface area contributed by atoms with Crippen molar-refractivity contribution in [3.63, 3.8) is 0 Å². The van der Waals surface area contributed by atoms with E-state index in [-0.39, 0.29) is 11.4 Å². The number of thioether (sulfide) groups is 1. The first-order chi connectivity index (χ1) is 13.3. The van der Waals surface area contributed by atoms with Crippen molar-refractivity contribution in [1.82, 2.24) is 15.4 Å². The van der Waals surface area contributed by atoms with Crippen LogP contribution in [0.5, 0.6) is 0 Å². The molecular weight excluding hydrogens is 362 g/mol. The molecule has 2 aliphatic heterocycles. The topological polar surface area (TPSA) is 67.6 Å². The van der Waals surface area contributed by atoms with E-state index in [9.17, 15) is 4.79 Å². The highest BCUT2D eigenvalue weighted by Gasteiger charge is 2.39. The molecule has 27 heavy (non-hydrogen) atoms. The monoisotopic (exact) mass is 387 g/mol. The van der Waals surface area contributed by atoms with Crippen LogP contribution in [0, 0.1) is 0 Å². The van der Waals surface area contributed by atoms with Gasteiger partial charge >= 0.3 is 0 Å². The number of aromatic nitrogens is 1. The molecule has 0 atom stereocenters. The third kappa shape index (κ3) is 4.20. The lowest BCUT2D eigenvalue weighted by Gasteiger charge is -2.47. The van der Waals surface area contributed by atoms with Gasteiger partial charge < -0.3 is 14.6 Å². The molecule has 0 radical (unpaired) electrons. The normalized spacial score (nSPS) is 20.3. The van der Waals surface area contributed by atoms with Crippen LogP contribution >= 0.6 is 11.8 Å². The van der Waals surface area contributed by atoms with Gasteiger partial charge in [0.05, 0.1) is 0 Å². The predicted octanol–water partition coefficient (Wildman–Crippen LogP) is 2.67. The van der Waals surface area contributed by atoms with Crippen LogP contribution in [0.4, 0.5) is 0 Å². The van der Waals surface area contributed by atoms with Crippen LogP contribution in [0.2, 0.25) is 0 Å². The molecule has 0 saturated carbocycles. The Bertz CT molecular complexity index is 753. The Morgan fingerprint density at radius 3 is 2.67 bits per heavy atom. The van der Waals surface area contributed by atoms with E-state index < -0.39 is 0 Å². The maximum Gasteiger partial charge on any atom is 0.273 e. The minimum atomic E-state index is -0.182. The Labute approximate surface area is 163 Å². The number of nitrogens with zero attached hydrogens (tertiary/aromatic N) is 2. The molecule has 6 nitrogen and oxygen atoms in total. The smallest absolute Gasteiger partial charge is 0.273 e. The summed E-state index contributed by atoms with van der Waals surface area (Å²) in [5.41, 5.74) is 1.22. The molecule has 2 fully saturated rings. The maximum atomic E-state index is 12.7. The molecule has 0 unspecified atom stereocenters. The van der Waals surface area contributed by atoms with Gasteiger partial charge in [0.25, 0.3) is 5.91 Å². The molecule has 0 spiro atoms. The SMILES string of the molecule is O=C(NCC1(N2CCSCC2)CCOCC1)c1cc(-c2ccccc2)on1. The van der Waals surface area contributed by atoms with Gasteiger partial charge in [0.1, 0.15) is 0 Å². The first-order valence-corrected chi connectivity index (χ1v) is 10.6. The molecule has 1 N–H and O–H groups in total. The summed E-state index contributed by atoms with van der Waals surface area (Å²) in [6.45, 7) is 4.27. The Hall–Kier alpha value is -1.83. The number of benzene rings is 1. The second kappa shape index (κ2) is 8.46. The molecule has 0 aliphatic carbocycles. The van der Waals surface area contributed by atoms with Crippen LogP contribution in [0.25, 0.3) is 11.3 Å². The van der Waals surface area contributed by atoms with Crippen molar-refractivity contribution >= 4 is 17.7 Å². The van der Waals surface area contributed by atoms with Crippen LogP contribution in [0.1, 0.15) is 23.3 Å². The Kier molecular flexibility index (Phi) is 5.80. The van der Waals surface area contributed by atoms with Gasteiger partial charge in [-0.25, -0.2) is 0 Å². The zero-order valence-electron chi connectivity index (χ0n) is 15.4. The van der Waals surface area contributed by atoms with E-state index in [2.05, 4.69) is 15.4 Å². The number of carbonyl (C=O) groups is 1. The average Bonchev–Trinajstić information content (AvgIpc) is 3.24. The van der Waals surface area contributed by atoms with E-state index in [1.54, 1.807) is 6.07 Å². The summed E-state index contributed by atoms with van der Waals surface area (Å²) in [6, 6.07) is 11.4. The van der Waals surface area contributed by atoms with Crippen molar-refractivity contribution in [2.45, 2.75) is 18.4 Å². The van der Waals surface area contributed by atoms with E-state index in [1.807, 2.05) is 42.1 Å². The van der Waals surface area contributed by atoms with Gasteiger partial charge in [-0.1, -0.05) is 35.5 Å². The van der Waals surface area contributed by atoms with Crippen LogP contribution in [-0.2, 0) is 4.74 Å². The van der Waals surface area contributed by atoms with Gasteiger partial charge in [-0.15, -0.1) is 0 Å². The molecular formula is C20H25N3O3S. The minimum Gasteiger partial charge on any atom is -0.381 e. The molecule has 7 heteroatoms. The lowest BCUT2D eigenvalue weighted by molar-refractivity contribution is -0.0237. The quantitative estimate of drug-likeness (QED) is 0.851. The summed E-state index contributed by atoms with van der Waals surface area (Å²) < 4.78 is 10.9. The van der Waals surface area contributed by atoms with Crippen LogP contribution in [0.15, 0.2) is 40.9 Å². The molecule has 0 bridgehead atoms. The zero-order chi connectivity index (χ0) is 18.5. The van der Waals surface area contributed by atoms with Crippen molar-refractivity contribution in [3.05, 3.63) is 42.1 Å². The zero-order valence-corrected chi connectivity index (χ0v) is 16.2. The summed E-state index contributed by atoms with van der Waals surface area (Å²) in [4.78, 5) is 15.2. The summed E-state index contributed by atoms with van der Waals surface area (Å²) in [6.07, 6.45) is 1.90. The lowest BCUT2D eigenvalue weighted by atomic mass is 9.87. The second-order valence-electron chi connectivity index (χ2n) is 7.06. The number of rotatable bonds is 5. The largest absolute Gasteiger partial charge is 0.381 e. The third-order valence-electron chi connectivity index (χ3n) is 5.48. The molecule has 2 saturated heterocycles. The van der Waals surface area contributed by atoms with Crippen LogP contribution < -0.4 is 5.32 Å². The van der Waals surface area contributed by atoms with Gasteiger partial charge in [0, 0.05) is 61.5 Å². The second-order valence-corrected chi connectivity index (χ2v) is 8.29. The predicted molar refractivity (Wildman–Crippen MR) is 106 cm³/mol. The summed E-state index contributed by atoms with van der Waals surface area (Å²) in [5.74, 6) is 2.73. The number of hydrogen-bond donors (Lipinski definition) is 1. The summed E-state index contributed by atoms with van der Waals surface area (Å²) >= 11 is 2.00. The minimum absolute atomic E-state index is 0.0130. The maximum absolute atomic E-state index is 12.7. The van der Waals surface area contributed by atoms with Gasteiger partial charge in [0.2, 0.25) is 0 Å². The van der Waals surface area contributed by atoms with Gasteiger partial charge in [-0.2, -0.15) is 11.8 Å². The standard InChI is InChI=1S/C20H25N3O3S/c24-19(17-14-18(26-22-17)16-4-2-1-3-5-16)21-15-20(6-10-25-11-7-20)23-8-12-27-13-9-23/h1-5,14H,6-13,15H2,(H,21,24). The fourth-order valence-electron chi connectivity index (χ4n) is 3.85. The average molecular weight is 388 g/mol. The van der Waals surface area contributed by atoms with Crippen molar-refractivity contribution < 1.29 is 14.1 Å². The molecule has 144 valence electrons. The Morgan fingerprint density at radius 2 is 1.93 bits per heavy atom. The molecule has 1 amide bonds. The lowest BCUT2D eigenvalue weighted by Crippen LogP contribution is -2.60. The number of nitrogens with one attached hydrogen (secondary N) is 1. The van der Waals surface area contributed by atoms with Crippen molar-refractivity contribution in [3.8, 4) is 11.3 Å². The molecule has 1 aromatic carbocycles. The third-order valence-corrected chi connectivity index (χ3v) is 6.43. The van der Waals surface area contributed by atoms with Crippen LogP contribution in [0.3, 0.4) is 0 Å². The van der Waals surface area contributed by atoms with E-state index in [4.69, 9.17) is 9.26 Å². The summed E-state index contributed by atoms with van der Waals surface area (Å²) in [7, 11) is 0. The fraction of sp³-hybridized carbons (Fsp3) is 0.500. The van der Waals surface area contributed by atoms with Crippen molar-refractivity contribution in [1.29, 1.82) is 0 Å². The number of hydrogen-bond acceptors (Lipinski definition) is 6. The summed E-state index contributed by atoms with van der Waals surface area (Å²) in [5, 5.41) is 7.07. The van der Waals surface area contributed by atoms with E-state index in [0.717, 1.165) is 56.2 Å². The van der Waals surface area contributed by atoms with E-state index in [0.29, 0.717) is 18.0 Å². The van der Waals surface area contributed by atoms with Crippen molar-refractivity contribution in [2.24, 2.45) is 0 Å². The molecule has 3 heterocycles. The Morgan fingerprint density at radius 1 is 1.19 bits per heavy atom. The fourth-order valence-corrected chi connectivity index (χ4v) is 4.75. The molecule has 1 aromatic heterocycles. The number of ether oxygens (including phenoxy) is 1. The van der Waals surface area contributed by atoms with Crippen LogP contribution in [-0.4, -0.2) is 65.9 Å². The van der Waals surface area contributed by atoms with Crippen molar-refractivity contribution in [2.75, 3.05) is 44.4 Å².